The summed E-state index contributed by atoms with van der Waals surface area (Å²) < 4.78 is 1.61. The molecule has 0 spiro atoms. The van der Waals surface area contributed by atoms with E-state index in [0.29, 0.717) is 10.6 Å². The maximum absolute atomic E-state index is 9.16. The molecule has 0 saturated heterocycles. The van der Waals surface area contributed by atoms with E-state index in [1.807, 2.05) is 24.5 Å². The van der Waals surface area contributed by atoms with Gasteiger partial charge in [0.1, 0.15) is 6.07 Å². The van der Waals surface area contributed by atoms with Crippen molar-refractivity contribution in [3.05, 3.63) is 41.2 Å². The Kier molecular flexibility index (Phi) is 3.18. The molecule has 0 aliphatic heterocycles. The Labute approximate surface area is 103 Å². The van der Waals surface area contributed by atoms with Gasteiger partial charge in [0.15, 0.2) is 0 Å². The van der Waals surface area contributed by atoms with E-state index in [2.05, 4.69) is 11.2 Å². The zero-order valence-corrected chi connectivity index (χ0v) is 10.1. The van der Waals surface area contributed by atoms with Gasteiger partial charge in [0, 0.05) is 11.1 Å². The molecule has 16 heavy (non-hydrogen) atoms. The normalized spacial score (nSPS) is 10.1. The molecule has 0 unspecified atom stereocenters. The highest BCUT2D eigenvalue weighted by Gasteiger charge is 2.09. The summed E-state index contributed by atoms with van der Waals surface area (Å²) in [6.45, 7) is 0. The second-order valence-corrected chi connectivity index (χ2v) is 4.35. The quantitative estimate of drug-likeness (QED) is 0.768. The van der Waals surface area contributed by atoms with Gasteiger partial charge in [-0.05, 0) is 18.4 Å². The molecule has 2 rings (SSSR count). The van der Waals surface area contributed by atoms with Gasteiger partial charge in [0.25, 0.3) is 0 Å². The minimum absolute atomic E-state index is 0.554. The second-order valence-electron chi connectivity index (χ2n) is 3.07. The van der Waals surface area contributed by atoms with Gasteiger partial charge in [-0.25, -0.2) is 4.68 Å². The Morgan fingerprint density at radius 3 is 2.88 bits per heavy atom. The molecule has 0 aliphatic carbocycles. The van der Waals surface area contributed by atoms with Crippen molar-refractivity contribution in [2.45, 2.75) is 4.90 Å². The number of benzene rings is 1. The molecule has 1 aromatic carbocycles. The van der Waals surface area contributed by atoms with Crippen molar-refractivity contribution in [1.82, 2.24) is 9.78 Å². The van der Waals surface area contributed by atoms with Crippen LogP contribution < -0.4 is 0 Å². The van der Waals surface area contributed by atoms with Crippen LogP contribution in [-0.2, 0) is 0 Å². The summed E-state index contributed by atoms with van der Waals surface area (Å²) in [4.78, 5) is 0.937. The second kappa shape index (κ2) is 4.60. The molecule has 0 amide bonds. The lowest BCUT2D eigenvalue weighted by molar-refractivity contribution is 0.873. The Bertz CT molecular complexity index is 557. The molecule has 0 fully saturated rings. The van der Waals surface area contributed by atoms with E-state index in [-0.39, 0.29) is 0 Å². The van der Waals surface area contributed by atoms with E-state index in [0.717, 1.165) is 10.6 Å². The Morgan fingerprint density at radius 2 is 2.31 bits per heavy atom. The summed E-state index contributed by atoms with van der Waals surface area (Å²) in [6, 6.07) is 7.86. The molecular formula is C11H8ClN3S. The fourth-order valence-corrected chi connectivity index (χ4v) is 2.13. The molecule has 1 heterocycles. The van der Waals surface area contributed by atoms with Crippen LogP contribution in [0.5, 0.6) is 0 Å². The summed E-state index contributed by atoms with van der Waals surface area (Å²) in [5, 5.41) is 13.8. The number of aromatic nitrogens is 2. The molecule has 0 saturated carbocycles. The van der Waals surface area contributed by atoms with Crippen LogP contribution >= 0.6 is 23.4 Å². The smallest absolute Gasteiger partial charge is 0.103 e. The van der Waals surface area contributed by atoms with Gasteiger partial charge in [-0.3, -0.25) is 0 Å². The Balaban J connectivity index is 2.61. The van der Waals surface area contributed by atoms with E-state index in [4.69, 9.17) is 16.9 Å². The largest absolute Gasteiger partial charge is 0.238 e. The van der Waals surface area contributed by atoms with Gasteiger partial charge in [-0.15, -0.1) is 11.8 Å². The zero-order valence-electron chi connectivity index (χ0n) is 8.51. The third-order valence-corrected chi connectivity index (χ3v) is 3.11. The molecule has 2 aromatic rings. The van der Waals surface area contributed by atoms with Crippen LogP contribution in [-0.4, -0.2) is 16.0 Å². The number of rotatable bonds is 2. The first-order chi connectivity index (χ1) is 7.76. The molecule has 0 N–H and O–H groups in total. The predicted molar refractivity (Wildman–Crippen MR) is 65.1 cm³/mol. The van der Waals surface area contributed by atoms with Gasteiger partial charge < -0.3 is 0 Å². The Hall–Kier alpha value is -1.44. The van der Waals surface area contributed by atoms with E-state index < -0.39 is 0 Å². The maximum Gasteiger partial charge on any atom is 0.103 e. The van der Waals surface area contributed by atoms with Crippen LogP contribution in [0, 0.1) is 11.3 Å². The molecule has 1 aromatic heterocycles. The van der Waals surface area contributed by atoms with Crippen molar-refractivity contribution < 1.29 is 0 Å². The van der Waals surface area contributed by atoms with E-state index in [9.17, 15) is 0 Å². The van der Waals surface area contributed by atoms with Gasteiger partial charge >= 0.3 is 0 Å². The van der Waals surface area contributed by atoms with Gasteiger partial charge in [-0.1, -0.05) is 17.7 Å². The lowest BCUT2D eigenvalue weighted by Crippen LogP contribution is -1.98. The summed E-state index contributed by atoms with van der Waals surface area (Å²) in [5.41, 5.74) is 1.37. The van der Waals surface area contributed by atoms with Crippen molar-refractivity contribution in [3.8, 4) is 11.8 Å². The van der Waals surface area contributed by atoms with Crippen LogP contribution in [0.2, 0.25) is 5.02 Å². The molecular weight excluding hydrogens is 242 g/mol. The first kappa shape index (κ1) is 11.1. The SMILES string of the molecule is CSc1cccc(-n2cc(Cl)cn2)c1C#N. The average molecular weight is 250 g/mol. The maximum atomic E-state index is 9.16. The number of thioether (sulfide) groups is 1. The van der Waals surface area contributed by atoms with Crippen LogP contribution in [0.4, 0.5) is 0 Å². The fourth-order valence-electron chi connectivity index (χ4n) is 1.43. The third-order valence-electron chi connectivity index (χ3n) is 2.13. The third kappa shape index (κ3) is 1.92. The number of nitriles is 1. The number of halogens is 1. The average Bonchev–Trinajstić information content (AvgIpc) is 2.74. The van der Waals surface area contributed by atoms with Crippen molar-refractivity contribution in [3.63, 3.8) is 0 Å². The molecule has 3 nitrogen and oxygen atoms in total. The first-order valence-electron chi connectivity index (χ1n) is 4.54. The summed E-state index contributed by atoms with van der Waals surface area (Å²) >= 11 is 7.35. The topological polar surface area (TPSA) is 41.6 Å². The standard InChI is InChI=1S/C11H8ClN3S/c1-16-11-4-2-3-10(9(11)5-13)15-7-8(12)6-14-15/h2-4,6-7H,1H3. The van der Waals surface area contributed by atoms with Crippen LogP contribution in [0.15, 0.2) is 35.5 Å². The summed E-state index contributed by atoms with van der Waals surface area (Å²) in [6.07, 6.45) is 5.17. The summed E-state index contributed by atoms with van der Waals surface area (Å²) in [5.74, 6) is 0. The molecule has 80 valence electrons. The number of hydrogen-bond donors (Lipinski definition) is 0. The van der Waals surface area contributed by atoms with Gasteiger partial charge in [0.05, 0.1) is 22.5 Å². The van der Waals surface area contributed by atoms with Crippen LogP contribution in [0.1, 0.15) is 5.56 Å². The van der Waals surface area contributed by atoms with Crippen molar-refractivity contribution >= 4 is 23.4 Å². The first-order valence-corrected chi connectivity index (χ1v) is 6.14. The molecule has 5 heteroatoms. The zero-order chi connectivity index (χ0) is 11.5. The monoisotopic (exact) mass is 249 g/mol. The highest BCUT2D eigenvalue weighted by atomic mass is 35.5. The van der Waals surface area contributed by atoms with Crippen LogP contribution in [0.3, 0.4) is 0 Å². The molecule has 0 atom stereocenters. The number of hydrogen-bond acceptors (Lipinski definition) is 3. The van der Waals surface area contributed by atoms with Crippen molar-refractivity contribution in [2.24, 2.45) is 0 Å². The Morgan fingerprint density at radius 1 is 1.50 bits per heavy atom. The van der Waals surface area contributed by atoms with Crippen molar-refractivity contribution in [2.75, 3.05) is 6.26 Å². The highest BCUT2D eigenvalue weighted by Crippen LogP contribution is 2.25. The summed E-state index contributed by atoms with van der Waals surface area (Å²) in [7, 11) is 0. The van der Waals surface area contributed by atoms with E-state index >= 15 is 0 Å². The fraction of sp³-hybridized carbons (Fsp3) is 0.0909. The minimum atomic E-state index is 0.554. The van der Waals surface area contributed by atoms with E-state index in [1.165, 1.54) is 11.8 Å². The lowest BCUT2D eigenvalue weighted by Gasteiger charge is -2.06. The minimum Gasteiger partial charge on any atom is -0.238 e. The number of nitrogens with zero attached hydrogens (tertiary/aromatic N) is 3. The predicted octanol–water partition coefficient (Wildman–Crippen LogP) is 3.12. The van der Waals surface area contributed by atoms with Crippen LogP contribution in [0.25, 0.3) is 5.69 Å². The molecule has 0 radical (unpaired) electrons. The van der Waals surface area contributed by atoms with Gasteiger partial charge in [0.2, 0.25) is 0 Å². The van der Waals surface area contributed by atoms with Crippen molar-refractivity contribution in [1.29, 1.82) is 5.26 Å². The van der Waals surface area contributed by atoms with E-state index in [1.54, 1.807) is 17.1 Å². The lowest BCUT2D eigenvalue weighted by atomic mass is 10.2. The highest BCUT2D eigenvalue weighted by molar-refractivity contribution is 7.98. The molecule has 0 bridgehead atoms. The van der Waals surface area contributed by atoms with Gasteiger partial charge in [-0.2, -0.15) is 10.4 Å². The molecule has 0 aliphatic rings.